The molecule has 0 amide bonds. The number of ether oxygens (including phenoxy) is 2. The van der Waals surface area contributed by atoms with Crippen LogP contribution in [-0.2, 0) is 0 Å². The van der Waals surface area contributed by atoms with Gasteiger partial charge < -0.3 is 14.8 Å². The Morgan fingerprint density at radius 3 is 2.50 bits per heavy atom. The van der Waals surface area contributed by atoms with E-state index in [1.807, 2.05) is 59.3 Å². The van der Waals surface area contributed by atoms with Crippen LogP contribution in [0.15, 0.2) is 84.7 Å². The number of anilines is 1. The SMILES string of the molecule is COc1ccc([C@@H]2C3=C(Nc4ncnn42)c2ccccc2O[C@H]3c2ccc(Cl)cc2)cc1. The maximum atomic E-state index is 6.59. The summed E-state index contributed by atoms with van der Waals surface area (Å²) >= 11 is 6.18. The molecular weight excluding hydrogens is 424 g/mol. The van der Waals surface area contributed by atoms with E-state index in [1.165, 1.54) is 0 Å². The van der Waals surface area contributed by atoms with E-state index >= 15 is 0 Å². The Morgan fingerprint density at radius 2 is 1.72 bits per heavy atom. The van der Waals surface area contributed by atoms with Crippen LogP contribution in [0.5, 0.6) is 11.5 Å². The molecule has 2 aliphatic heterocycles. The molecule has 0 radical (unpaired) electrons. The van der Waals surface area contributed by atoms with Crippen LogP contribution in [0, 0.1) is 0 Å². The topological polar surface area (TPSA) is 61.2 Å². The number of nitrogens with zero attached hydrogens (tertiary/aromatic N) is 3. The Bertz CT molecular complexity index is 1330. The van der Waals surface area contributed by atoms with Crippen LogP contribution in [0.2, 0.25) is 5.02 Å². The minimum absolute atomic E-state index is 0.205. The van der Waals surface area contributed by atoms with Gasteiger partial charge in [-0.15, -0.1) is 0 Å². The summed E-state index contributed by atoms with van der Waals surface area (Å²) < 4.78 is 13.9. The molecule has 7 heteroatoms. The average Bonchev–Trinajstić information content (AvgIpc) is 3.31. The van der Waals surface area contributed by atoms with Crippen LogP contribution >= 0.6 is 11.6 Å². The second-order valence-electron chi connectivity index (χ2n) is 7.70. The van der Waals surface area contributed by atoms with Gasteiger partial charge in [0.2, 0.25) is 5.95 Å². The third-order valence-corrected chi connectivity index (χ3v) is 6.18. The minimum Gasteiger partial charge on any atom is -0.497 e. The molecule has 0 unspecified atom stereocenters. The van der Waals surface area contributed by atoms with Gasteiger partial charge >= 0.3 is 0 Å². The van der Waals surface area contributed by atoms with Crippen LogP contribution < -0.4 is 14.8 Å². The van der Waals surface area contributed by atoms with Gasteiger partial charge in [-0.05, 0) is 47.5 Å². The van der Waals surface area contributed by atoms with Gasteiger partial charge in [0.05, 0.1) is 12.8 Å². The highest BCUT2D eigenvalue weighted by Gasteiger charge is 2.40. The van der Waals surface area contributed by atoms with E-state index in [1.54, 1.807) is 13.4 Å². The summed E-state index contributed by atoms with van der Waals surface area (Å²) in [7, 11) is 1.66. The number of benzene rings is 3. The molecule has 0 saturated carbocycles. The minimum atomic E-state index is -0.325. The van der Waals surface area contributed by atoms with Crippen molar-refractivity contribution >= 4 is 23.2 Å². The van der Waals surface area contributed by atoms with Gasteiger partial charge in [-0.25, -0.2) is 4.68 Å². The Balaban J connectivity index is 1.60. The van der Waals surface area contributed by atoms with Gasteiger partial charge in [0.15, 0.2) is 0 Å². The summed E-state index contributed by atoms with van der Waals surface area (Å²) in [6.45, 7) is 0. The predicted molar refractivity (Wildman–Crippen MR) is 123 cm³/mol. The fourth-order valence-corrected chi connectivity index (χ4v) is 4.56. The highest BCUT2D eigenvalue weighted by molar-refractivity contribution is 6.30. The first kappa shape index (κ1) is 19.0. The highest BCUT2D eigenvalue weighted by atomic mass is 35.5. The first-order valence-electron chi connectivity index (χ1n) is 10.3. The summed E-state index contributed by atoms with van der Waals surface area (Å²) in [6.07, 6.45) is 1.25. The lowest BCUT2D eigenvalue weighted by molar-refractivity contribution is 0.223. The summed E-state index contributed by atoms with van der Waals surface area (Å²) in [6, 6.07) is 23.7. The molecule has 0 fully saturated rings. The Labute approximate surface area is 190 Å². The summed E-state index contributed by atoms with van der Waals surface area (Å²) in [5, 5.41) is 8.74. The van der Waals surface area contributed by atoms with Crippen molar-refractivity contribution in [3.63, 3.8) is 0 Å². The van der Waals surface area contributed by atoms with Crippen LogP contribution in [-0.4, -0.2) is 21.9 Å². The van der Waals surface area contributed by atoms with E-state index in [-0.39, 0.29) is 12.1 Å². The van der Waals surface area contributed by atoms with Crippen LogP contribution in [0.25, 0.3) is 5.70 Å². The van der Waals surface area contributed by atoms with Crippen molar-refractivity contribution in [3.8, 4) is 11.5 Å². The van der Waals surface area contributed by atoms with Crippen molar-refractivity contribution in [2.45, 2.75) is 12.1 Å². The molecule has 3 aromatic carbocycles. The third kappa shape index (κ3) is 2.95. The smallest absolute Gasteiger partial charge is 0.226 e. The molecule has 0 aliphatic carbocycles. The number of halogens is 1. The summed E-state index contributed by atoms with van der Waals surface area (Å²) in [5.74, 6) is 2.31. The molecule has 158 valence electrons. The molecule has 3 heterocycles. The molecule has 0 saturated heterocycles. The third-order valence-electron chi connectivity index (χ3n) is 5.93. The maximum absolute atomic E-state index is 6.59. The summed E-state index contributed by atoms with van der Waals surface area (Å²) in [4.78, 5) is 4.46. The van der Waals surface area contributed by atoms with E-state index < -0.39 is 0 Å². The highest BCUT2D eigenvalue weighted by Crippen LogP contribution is 2.50. The van der Waals surface area contributed by atoms with Gasteiger partial charge in [-0.1, -0.05) is 48.0 Å². The monoisotopic (exact) mass is 442 g/mol. The number of hydrogen-bond donors (Lipinski definition) is 1. The maximum Gasteiger partial charge on any atom is 0.226 e. The van der Waals surface area contributed by atoms with E-state index in [0.29, 0.717) is 11.0 Å². The lowest BCUT2D eigenvalue weighted by atomic mass is 9.84. The van der Waals surface area contributed by atoms with E-state index in [9.17, 15) is 0 Å². The molecule has 32 heavy (non-hydrogen) atoms. The number of aromatic nitrogens is 3. The summed E-state index contributed by atoms with van der Waals surface area (Å²) in [5.41, 5.74) is 5.14. The van der Waals surface area contributed by atoms with Crippen LogP contribution in [0.3, 0.4) is 0 Å². The number of rotatable bonds is 3. The lowest BCUT2D eigenvalue weighted by Crippen LogP contribution is -2.32. The van der Waals surface area contributed by atoms with E-state index in [0.717, 1.165) is 39.5 Å². The molecule has 0 bridgehead atoms. The normalized spacial score (nSPS) is 18.7. The zero-order valence-corrected chi connectivity index (χ0v) is 18.0. The van der Waals surface area contributed by atoms with Crippen molar-refractivity contribution in [2.75, 3.05) is 12.4 Å². The Kier molecular flexibility index (Phi) is 4.40. The van der Waals surface area contributed by atoms with Crippen molar-refractivity contribution in [1.29, 1.82) is 0 Å². The lowest BCUT2D eigenvalue weighted by Gasteiger charge is -2.39. The fourth-order valence-electron chi connectivity index (χ4n) is 4.44. The molecule has 2 aliphatic rings. The number of para-hydroxylation sites is 1. The van der Waals surface area contributed by atoms with Crippen LogP contribution in [0.4, 0.5) is 5.95 Å². The molecule has 2 atom stereocenters. The van der Waals surface area contributed by atoms with Crippen LogP contribution in [0.1, 0.15) is 28.8 Å². The zero-order chi connectivity index (χ0) is 21.7. The zero-order valence-electron chi connectivity index (χ0n) is 17.2. The first-order valence-corrected chi connectivity index (χ1v) is 10.7. The van der Waals surface area contributed by atoms with E-state index in [4.69, 9.17) is 21.1 Å². The second kappa shape index (κ2) is 7.43. The number of hydrogen-bond acceptors (Lipinski definition) is 5. The second-order valence-corrected chi connectivity index (χ2v) is 8.14. The fraction of sp³-hybridized carbons (Fsp3) is 0.120. The quantitative estimate of drug-likeness (QED) is 0.454. The molecule has 6 nitrogen and oxygen atoms in total. The molecule has 4 aromatic rings. The van der Waals surface area contributed by atoms with Gasteiger partial charge in [-0.3, -0.25) is 0 Å². The van der Waals surface area contributed by atoms with Gasteiger partial charge in [-0.2, -0.15) is 10.1 Å². The molecule has 0 spiro atoms. The van der Waals surface area contributed by atoms with Gasteiger partial charge in [0, 0.05) is 16.2 Å². The molecule has 1 aromatic heterocycles. The largest absolute Gasteiger partial charge is 0.497 e. The number of nitrogens with one attached hydrogen (secondary N) is 1. The van der Waals surface area contributed by atoms with Gasteiger partial charge in [0.25, 0.3) is 0 Å². The predicted octanol–water partition coefficient (Wildman–Crippen LogP) is 5.50. The molecule has 6 rings (SSSR count). The number of methoxy groups -OCH3 is 1. The molecule has 1 N–H and O–H groups in total. The van der Waals surface area contributed by atoms with Crippen molar-refractivity contribution in [2.24, 2.45) is 0 Å². The Morgan fingerprint density at radius 1 is 0.969 bits per heavy atom. The average molecular weight is 443 g/mol. The van der Waals surface area contributed by atoms with Gasteiger partial charge in [0.1, 0.15) is 30.0 Å². The van der Waals surface area contributed by atoms with Crippen molar-refractivity contribution in [1.82, 2.24) is 14.8 Å². The Hall–Kier alpha value is -3.77. The number of fused-ring (bicyclic) bond motifs is 3. The molecular formula is C25H19ClN4O2. The van der Waals surface area contributed by atoms with Crippen molar-refractivity contribution < 1.29 is 9.47 Å². The standard InChI is InChI=1S/C25H19ClN4O2/c1-31-18-12-8-15(9-13-18)23-21-22(29-25-27-14-28-30(23)25)19-4-2-3-5-20(19)32-24(21)16-6-10-17(26)11-7-16/h2-14,23-24H,1H3,(H,27,28,29)/t23-,24+/m1/s1. The van der Waals surface area contributed by atoms with Crippen molar-refractivity contribution in [3.05, 3.63) is 106 Å². The van der Waals surface area contributed by atoms with E-state index in [2.05, 4.69) is 33.6 Å². The first-order chi connectivity index (χ1) is 15.7.